The summed E-state index contributed by atoms with van der Waals surface area (Å²) >= 11 is 0. The number of benzene rings is 1. The van der Waals surface area contributed by atoms with Gasteiger partial charge in [0.15, 0.2) is 0 Å². The van der Waals surface area contributed by atoms with Crippen molar-refractivity contribution in [2.45, 2.75) is 63.7 Å². The van der Waals surface area contributed by atoms with Gasteiger partial charge in [-0.25, -0.2) is 9.78 Å². The lowest BCUT2D eigenvalue weighted by atomic mass is 10.0. The summed E-state index contributed by atoms with van der Waals surface area (Å²) in [5.41, 5.74) is 7.02. The van der Waals surface area contributed by atoms with E-state index in [-0.39, 0.29) is 25.7 Å². The van der Waals surface area contributed by atoms with Crippen molar-refractivity contribution in [1.82, 2.24) is 25.9 Å². The van der Waals surface area contributed by atoms with Crippen LogP contribution in [0, 0.1) is 5.92 Å². The van der Waals surface area contributed by atoms with Crippen molar-refractivity contribution in [3.05, 3.63) is 54.1 Å². The Balaban J connectivity index is 2.14. The van der Waals surface area contributed by atoms with Crippen molar-refractivity contribution in [1.29, 1.82) is 0 Å². The predicted octanol–water partition coefficient (Wildman–Crippen LogP) is -0.418. The lowest BCUT2D eigenvalue weighted by Gasteiger charge is -2.27. The molecule has 0 aliphatic carbocycles. The zero-order chi connectivity index (χ0) is 28.2. The molecule has 0 bridgehead atoms. The van der Waals surface area contributed by atoms with Gasteiger partial charge in [-0.15, -0.1) is 0 Å². The summed E-state index contributed by atoms with van der Waals surface area (Å²) in [6.07, 6.45) is 2.44. The number of H-pyrrole nitrogens is 1. The van der Waals surface area contributed by atoms with Crippen LogP contribution in [0.15, 0.2) is 42.9 Å². The van der Waals surface area contributed by atoms with Gasteiger partial charge in [0, 0.05) is 31.2 Å². The lowest BCUT2D eigenvalue weighted by Crippen LogP contribution is -2.59. The maximum atomic E-state index is 13.2. The third-order valence-corrected chi connectivity index (χ3v) is 5.76. The van der Waals surface area contributed by atoms with Gasteiger partial charge in [0.2, 0.25) is 17.7 Å². The molecule has 0 aliphatic rings. The van der Waals surface area contributed by atoms with E-state index in [2.05, 4.69) is 25.9 Å². The number of hydrogen-bond donors (Lipinski definition) is 7. The number of amides is 3. The third kappa shape index (κ3) is 9.65. The number of nitrogens with two attached hydrogens (primary N) is 1. The zero-order valence-corrected chi connectivity index (χ0v) is 21.2. The van der Waals surface area contributed by atoms with Crippen LogP contribution in [0.3, 0.4) is 0 Å². The first kappa shape index (κ1) is 30.0. The van der Waals surface area contributed by atoms with Crippen LogP contribution in [0.4, 0.5) is 0 Å². The molecule has 0 aliphatic heterocycles. The smallest absolute Gasteiger partial charge is 0.326 e. The van der Waals surface area contributed by atoms with Crippen LogP contribution in [0.5, 0.6) is 0 Å². The standard InChI is InChI=1S/C25H34N6O7/c1-14(2)21(24(36)30-19(25(37)38)10-15-6-4-3-5-7-15)31-23(35)18(11-16-12-27-13-28-16)29-22(34)17(26)8-9-20(32)33/h3-7,12-14,17-19,21H,8-11,26H2,1-2H3,(H,27,28)(H,29,34)(H,30,36)(H,31,35)(H,32,33)(H,37,38). The molecule has 0 saturated heterocycles. The SMILES string of the molecule is CC(C)C(NC(=O)C(Cc1cnc[nH]1)NC(=O)C(N)CCC(=O)O)C(=O)NC(Cc1ccccc1)C(=O)O. The number of rotatable bonds is 15. The summed E-state index contributed by atoms with van der Waals surface area (Å²) in [6.45, 7) is 3.36. The molecular formula is C25H34N6O7. The van der Waals surface area contributed by atoms with E-state index in [0.717, 1.165) is 0 Å². The molecular weight excluding hydrogens is 496 g/mol. The van der Waals surface area contributed by atoms with Gasteiger partial charge in [-0.2, -0.15) is 0 Å². The van der Waals surface area contributed by atoms with Crippen LogP contribution < -0.4 is 21.7 Å². The molecule has 8 N–H and O–H groups in total. The van der Waals surface area contributed by atoms with Crippen LogP contribution in [-0.2, 0) is 36.8 Å². The van der Waals surface area contributed by atoms with E-state index in [9.17, 15) is 29.1 Å². The molecule has 1 aromatic carbocycles. The second-order valence-electron chi connectivity index (χ2n) is 9.20. The molecule has 4 unspecified atom stereocenters. The molecule has 38 heavy (non-hydrogen) atoms. The maximum absolute atomic E-state index is 13.2. The van der Waals surface area contributed by atoms with Gasteiger partial charge in [-0.05, 0) is 17.9 Å². The topological polar surface area (TPSA) is 217 Å². The van der Waals surface area contributed by atoms with Gasteiger partial charge < -0.3 is 36.9 Å². The third-order valence-electron chi connectivity index (χ3n) is 5.76. The number of aromatic nitrogens is 2. The van der Waals surface area contributed by atoms with Crippen molar-refractivity contribution in [2.75, 3.05) is 0 Å². The van der Waals surface area contributed by atoms with Crippen LogP contribution >= 0.6 is 0 Å². The van der Waals surface area contributed by atoms with Gasteiger partial charge in [0.05, 0.1) is 12.4 Å². The molecule has 1 aromatic heterocycles. The van der Waals surface area contributed by atoms with Crippen LogP contribution in [0.2, 0.25) is 0 Å². The number of carboxylic acid groups (broad SMARTS) is 2. The molecule has 2 rings (SSSR count). The Morgan fingerprint density at radius 2 is 1.58 bits per heavy atom. The highest BCUT2D eigenvalue weighted by molar-refractivity contribution is 5.94. The van der Waals surface area contributed by atoms with E-state index in [0.29, 0.717) is 11.3 Å². The van der Waals surface area contributed by atoms with Gasteiger partial charge in [-0.1, -0.05) is 44.2 Å². The van der Waals surface area contributed by atoms with E-state index < -0.39 is 59.7 Å². The Kier molecular flexibility index (Phi) is 11.4. The number of carbonyl (C=O) groups excluding carboxylic acids is 3. The first-order chi connectivity index (χ1) is 18.0. The summed E-state index contributed by atoms with van der Waals surface area (Å²) < 4.78 is 0. The van der Waals surface area contributed by atoms with Crippen LogP contribution in [-0.4, -0.2) is 74.0 Å². The van der Waals surface area contributed by atoms with Crippen molar-refractivity contribution in [2.24, 2.45) is 11.7 Å². The van der Waals surface area contributed by atoms with E-state index >= 15 is 0 Å². The number of aromatic amines is 1. The molecule has 3 amide bonds. The van der Waals surface area contributed by atoms with Crippen molar-refractivity contribution >= 4 is 29.7 Å². The number of nitrogens with one attached hydrogen (secondary N) is 4. The number of hydrogen-bond acceptors (Lipinski definition) is 7. The minimum Gasteiger partial charge on any atom is -0.481 e. The fourth-order valence-corrected chi connectivity index (χ4v) is 3.61. The van der Waals surface area contributed by atoms with Gasteiger partial charge in [-0.3, -0.25) is 19.2 Å². The summed E-state index contributed by atoms with van der Waals surface area (Å²) in [6, 6.07) is 4.12. The highest BCUT2D eigenvalue weighted by Gasteiger charge is 2.32. The average molecular weight is 531 g/mol. The molecule has 0 spiro atoms. The number of imidazole rings is 1. The highest BCUT2D eigenvalue weighted by Crippen LogP contribution is 2.08. The monoisotopic (exact) mass is 530 g/mol. The molecule has 4 atom stereocenters. The molecule has 0 radical (unpaired) electrons. The molecule has 2 aromatic rings. The summed E-state index contributed by atoms with van der Waals surface area (Å²) in [7, 11) is 0. The Bertz CT molecular complexity index is 1090. The molecule has 206 valence electrons. The Morgan fingerprint density at radius 1 is 0.921 bits per heavy atom. The summed E-state index contributed by atoms with van der Waals surface area (Å²) in [5, 5.41) is 26.1. The van der Waals surface area contributed by atoms with Crippen LogP contribution in [0.25, 0.3) is 0 Å². The minimum atomic E-state index is -1.23. The summed E-state index contributed by atoms with van der Waals surface area (Å²) in [5.74, 6) is -4.89. The summed E-state index contributed by atoms with van der Waals surface area (Å²) in [4.78, 5) is 68.2. The molecule has 0 saturated carbocycles. The van der Waals surface area contributed by atoms with Gasteiger partial charge in [0.1, 0.15) is 18.1 Å². The van der Waals surface area contributed by atoms with E-state index in [1.807, 2.05) is 0 Å². The largest absolute Gasteiger partial charge is 0.481 e. The Hall–Kier alpha value is -4.26. The van der Waals surface area contributed by atoms with Crippen LogP contribution in [0.1, 0.15) is 37.9 Å². The number of nitrogens with zero attached hydrogens (tertiary/aromatic N) is 1. The van der Waals surface area contributed by atoms with Crippen molar-refractivity contribution < 1.29 is 34.2 Å². The first-order valence-electron chi connectivity index (χ1n) is 12.1. The predicted molar refractivity (Wildman–Crippen MR) is 136 cm³/mol. The van der Waals surface area contributed by atoms with E-state index in [4.69, 9.17) is 10.8 Å². The van der Waals surface area contributed by atoms with Crippen molar-refractivity contribution in [3.63, 3.8) is 0 Å². The quantitative estimate of drug-likeness (QED) is 0.159. The molecule has 0 fully saturated rings. The van der Waals surface area contributed by atoms with E-state index in [1.165, 1.54) is 12.5 Å². The fraction of sp³-hybridized carbons (Fsp3) is 0.440. The zero-order valence-electron chi connectivity index (χ0n) is 21.2. The number of carbonyl (C=O) groups is 5. The fourth-order valence-electron chi connectivity index (χ4n) is 3.61. The Labute approximate surface area is 219 Å². The average Bonchev–Trinajstić information content (AvgIpc) is 3.38. The van der Waals surface area contributed by atoms with Crippen molar-refractivity contribution in [3.8, 4) is 0 Å². The second kappa shape index (κ2) is 14.5. The van der Waals surface area contributed by atoms with Gasteiger partial charge >= 0.3 is 11.9 Å². The minimum absolute atomic E-state index is 0.0125. The number of carboxylic acids is 2. The Morgan fingerprint density at radius 3 is 2.13 bits per heavy atom. The maximum Gasteiger partial charge on any atom is 0.326 e. The molecule has 1 heterocycles. The highest BCUT2D eigenvalue weighted by atomic mass is 16.4. The molecule has 13 nitrogen and oxygen atoms in total. The molecule has 13 heteroatoms. The van der Waals surface area contributed by atoms with E-state index in [1.54, 1.807) is 44.2 Å². The lowest BCUT2D eigenvalue weighted by molar-refractivity contribution is -0.142. The second-order valence-corrected chi connectivity index (χ2v) is 9.20. The normalized spacial score (nSPS) is 14.1. The number of aliphatic carboxylic acids is 2. The first-order valence-corrected chi connectivity index (χ1v) is 12.1. The van der Waals surface area contributed by atoms with Gasteiger partial charge in [0.25, 0.3) is 0 Å².